The first-order valence-electron chi connectivity index (χ1n) is 6.53. The minimum atomic E-state index is 0.310. The summed E-state index contributed by atoms with van der Waals surface area (Å²) in [6.07, 6.45) is 7.85. The van der Waals surface area contributed by atoms with E-state index in [1.165, 1.54) is 0 Å². The van der Waals surface area contributed by atoms with E-state index in [9.17, 15) is 4.79 Å². The fourth-order valence-electron chi connectivity index (χ4n) is 2.17. The molecule has 0 aromatic carbocycles. The van der Waals surface area contributed by atoms with Gasteiger partial charge >= 0.3 is 0 Å². The van der Waals surface area contributed by atoms with Crippen molar-refractivity contribution in [1.82, 2.24) is 19.7 Å². The standard InChI is InChI=1S/C14H18N4O/c1-4-12(5-2)18-8-11(9-19)14(17-18)13-10(3)15-6-7-16-13/h6-9,12H,4-5H2,1-3H3. The fourth-order valence-corrected chi connectivity index (χ4v) is 2.17. The Morgan fingerprint density at radius 2 is 1.89 bits per heavy atom. The summed E-state index contributed by atoms with van der Waals surface area (Å²) in [6, 6.07) is 0.310. The number of nitrogens with zero attached hydrogens (tertiary/aromatic N) is 4. The molecule has 0 saturated carbocycles. The molecule has 0 fully saturated rings. The van der Waals surface area contributed by atoms with Crippen molar-refractivity contribution in [1.29, 1.82) is 0 Å². The molecular formula is C14H18N4O. The molecule has 0 amide bonds. The molecule has 0 aliphatic carbocycles. The summed E-state index contributed by atoms with van der Waals surface area (Å²) >= 11 is 0. The Morgan fingerprint density at radius 1 is 1.21 bits per heavy atom. The number of aldehydes is 1. The van der Waals surface area contributed by atoms with Crippen molar-refractivity contribution < 1.29 is 4.79 Å². The predicted molar refractivity (Wildman–Crippen MR) is 73.0 cm³/mol. The summed E-state index contributed by atoms with van der Waals surface area (Å²) in [6.45, 7) is 6.10. The van der Waals surface area contributed by atoms with Gasteiger partial charge in [0.15, 0.2) is 6.29 Å². The number of aromatic nitrogens is 4. The summed E-state index contributed by atoms with van der Waals surface area (Å²) in [5, 5.41) is 4.54. The van der Waals surface area contributed by atoms with Crippen LogP contribution in [0.5, 0.6) is 0 Å². The molecule has 0 radical (unpaired) electrons. The molecule has 2 rings (SSSR count). The summed E-state index contributed by atoms with van der Waals surface area (Å²) < 4.78 is 1.87. The van der Waals surface area contributed by atoms with Gasteiger partial charge in [0.25, 0.3) is 0 Å². The van der Waals surface area contributed by atoms with Crippen LogP contribution in [0.1, 0.15) is 48.8 Å². The number of aryl methyl sites for hydroxylation is 1. The van der Waals surface area contributed by atoms with Crippen LogP contribution in [0.15, 0.2) is 18.6 Å². The topological polar surface area (TPSA) is 60.7 Å². The SMILES string of the molecule is CCC(CC)n1cc(C=O)c(-c2nccnc2C)n1. The summed E-state index contributed by atoms with van der Waals surface area (Å²) in [5.41, 5.74) is 2.64. The van der Waals surface area contributed by atoms with Crippen LogP contribution in [-0.2, 0) is 0 Å². The highest BCUT2D eigenvalue weighted by atomic mass is 16.1. The highest BCUT2D eigenvalue weighted by Crippen LogP contribution is 2.24. The Morgan fingerprint density at radius 3 is 2.47 bits per heavy atom. The Labute approximate surface area is 112 Å². The number of rotatable bonds is 5. The van der Waals surface area contributed by atoms with E-state index >= 15 is 0 Å². The van der Waals surface area contributed by atoms with Crippen LogP contribution in [0.3, 0.4) is 0 Å². The van der Waals surface area contributed by atoms with E-state index in [0.717, 1.165) is 24.8 Å². The molecular weight excluding hydrogens is 240 g/mol. The molecule has 0 aliphatic rings. The molecule has 2 aromatic heterocycles. The lowest BCUT2D eigenvalue weighted by molar-refractivity contribution is 0.112. The maximum atomic E-state index is 11.2. The van der Waals surface area contributed by atoms with E-state index in [2.05, 4.69) is 28.9 Å². The number of carbonyl (C=O) groups is 1. The summed E-state index contributed by atoms with van der Waals surface area (Å²) in [7, 11) is 0. The molecule has 5 heteroatoms. The van der Waals surface area contributed by atoms with Crippen LogP contribution < -0.4 is 0 Å². The summed E-state index contributed by atoms with van der Waals surface area (Å²) in [5.74, 6) is 0. The lowest BCUT2D eigenvalue weighted by Gasteiger charge is -2.12. The van der Waals surface area contributed by atoms with Crippen molar-refractivity contribution in [3.05, 3.63) is 29.8 Å². The van der Waals surface area contributed by atoms with Gasteiger partial charge in [-0.05, 0) is 19.8 Å². The van der Waals surface area contributed by atoms with Crippen LogP contribution in [-0.4, -0.2) is 26.0 Å². The number of hydrogen-bond donors (Lipinski definition) is 0. The molecule has 0 spiro atoms. The Kier molecular flexibility index (Phi) is 4.04. The third kappa shape index (κ3) is 2.54. The van der Waals surface area contributed by atoms with Gasteiger partial charge in [0.1, 0.15) is 11.4 Å². The van der Waals surface area contributed by atoms with Crippen molar-refractivity contribution in [3.63, 3.8) is 0 Å². The van der Waals surface area contributed by atoms with Crippen LogP contribution in [0.25, 0.3) is 11.4 Å². The highest BCUT2D eigenvalue weighted by Gasteiger charge is 2.17. The molecule has 100 valence electrons. The predicted octanol–water partition coefficient (Wildman–Crippen LogP) is 2.82. The van der Waals surface area contributed by atoms with E-state index in [4.69, 9.17) is 0 Å². The van der Waals surface area contributed by atoms with Crippen molar-refractivity contribution in [2.24, 2.45) is 0 Å². The van der Waals surface area contributed by atoms with Gasteiger partial charge in [-0.25, -0.2) is 0 Å². The molecule has 19 heavy (non-hydrogen) atoms. The van der Waals surface area contributed by atoms with Crippen LogP contribution in [0, 0.1) is 6.92 Å². The monoisotopic (exact) mass is 258 g/mol. The molecule has 5 nitrogen and oxygen atoms in total. The fraction of sp³-hybridized carbons (Fsp3) is 0.429. The molecule has 2 heterocycles. The van der Waals surface area contributed by atoms with Gasteiger partial charge in [-0.2, -0.15) is 5.10 Å². The second kappa shape index (κ2) is 5.73. The second-order valence-electron chi connectivity index (χ2n) is 4.49. The van der Waals surface area contributed by atoms with Crippen molar-refractivity contribution in [3.8, 4) is 11.4 Å². The average molecular weight is 258 g/mol. The van der Waals surface area contributed by atoms with E-state index in [-0.39, 0.29) is 0 Å². The molecule has 0 bridgehead atoms. The highest BCUT2D eigenvalue weighted by molar-refractivity contribution is 5.84. The zero-order valence-electron chi connectivity index (χ0n) is 11.5. The van der Waals surface area contributed by atoms with Gasteiger partial charge in [0.2, 0.25) is 0 Å². The van der Waals surface area contributed by atoms with Crippen LogP contribution >= 0.6 is 0 Å². The van der Waals surface area contributed by atoms with Crippen molar-refractivity contribution >= 4 is 6.29 Å². The van der Waals surface area contributed by atoms with E-state index < -0.39 is 0 Å². The van der Waals surface area contributed by atoms with Gasteiger partial charge in [-0.3, -0.25) is 19.4 Å². The van der Waals surface area contributed by atoms with E-state index in [1.54, 1.807) is 18.6 Å². The smallest absolute Gasteiger partial charge is 0.153 e. The van der Waals surface area contributed by atoms with Gasteiger partial charge in [-0.15, -0.1) is 0 Å². The number of hydrogen-bond acceptors (Lipinski definition) is 4. The molecule has 0 unspecified atom stereocenters. The van der Waals surface area contributed by atoms with Crippen molar-refractivity contribution in [2.45, 2.75) is 39.7 Å². The molecule has 0 atom stereocenters. The normalized spacial score (nSPS) is 10.9. The first-order valence-corrected chi connectivity index (χ1v) is 6.53. The minimum Gasteiger partial charge on any atom is -0.298 e. The lowest BCUT2D eigenvalue weighted by atomic mass is 10.1. The Balaban J connectivity index is 2.52. The quantitative estimate of drug-likeness (QED) is 0.774. The zero-order chi connectivity index (χ0) is 13.8. The van der Waals surface area contributed by atoms with Gasteiger partial charge in [0, 0.05) is 18.6 Å². The molecule has 2 aromatic rings. The second-order valence-corrected chi connectivity index (χ2v) is 4.49. The molecule has 0 saturated heterocycles. The first kappa shape index (κ1) is 13.4. The average Bonchev–Trinajstić information content (AvgIpc) is 2.84. The van der Waals surface area contributed by atoms with Crippen LogP contribution in [0.2, 0.25) is 0 Å². The zero-order valence-corrected chi connectivity index (χ0v) is 11.5. The Bertz CT molecular complexity index is 573. The van der Waals surface area contributed by atoms with Gasteiger partial charge in [-0.1, -0.05) is 13.8 Å². The van der Waals surface area contributed by atoms with E-state index in [0.29, 0.717) is 23.0 Å². The first-order chi connectivity index (χ1) is 9.21. The third-order valence-corrected chi connectivity index (χ3v) is 3.31. The van der Waals surface area contributed by atoms with Crippen LogP contribution in [0.4, 0.5) is 0 Å². The van der Waals surface area contributed by atoms with Gasteiger partial charge in [0.05, 0.1) is 17.3 Å². The lowest BCUT2D eigenvalue weighted by Crippen LogP contribution is -2.07. The largest absolute Gasteiger partial charge is 0.298 e. The number of carbonyl (C=O) groups excluding carboxylic acids is 1. The summed E-state index contributed by atoms with van der Waals surface area (Å²) in [4.78, 5) is 19.7. The van der Waals surface area contributed by atoms with Gasteiger partial charge < -0.3 is 0 Å². The minimum absolute atomic E-state index is 0.310. The van der Waals surface area contributed by atoms with Crippen molar-refractivity contribution in [2.75, 3.05) is 0 Å². The van der Waals surface area contributed by atoms with E-state index in [1.807, 2.05) is 11.6 Å². The Hall–Kier alpha value is -2.04. The molecule has 0 aliphatic heterocycles. The third-order valence-electron chi connectivity index (χ3n) is 3.31. The molecule has 0 N–H and O–H groups in total. The maximum Gasteiger partial charge on any atom is 0.153 e. The maximum absolute atomic E-state index is 11.2.